The molecule has 0 unspecified atom stereocenters. The molecule has 16 heavy (non-hydrogen) atoms. The van der Waals surface area contributed by atoms with E-state index in [-0.39, 0.29) is 6.61 Å². The lowest BCUT2D eigenvalue weighted by Crippen LogP contribution is -2.04. The number of rotatable bonds is 4. The second-order valence-electron chi connectivity index (χ2n) is 4.34. The lowest BCUT2D eigenvalue weighted by Gasteiger charge is -2.19. The number of hydrogen-bond acceptors (Lipinski definition) is 2. The molecule has 0 bridgehead atoms. The van der Waals surface area contributed by atoms with E-state index < -0.39 is 0 Å². The lowest BCUT2D eigenvalue weighted by atomic mass is 9.90. The highest BCUT2D eigenvalue weighted by atomic mass is 16.5. The molecule has 0 fully saturated rings. The summed E-state index contributed by atoms with van der Waals surface area (Å²) in [5.41, 5.74) is 6.41. The minimum atomic E-state index is 0.253. The van der Waals surface area contributed by atoms with Crippen LogP contribution in [0, 0.1) is 27.7 Å². The number of methoxy groups -OCH3 is 1. The van der Waals surface area contributed by atoms with Crippen LogP contribution in [0.3, 0.4) is 0 Å². The zero-order chi connectivity index (χ0) is 12.3. The van der Waals surface area contributed by atoms with Crippen LogP contribution >= 0.6 is 0 Å². The maximum absolute atomic E-state index is 8.92. The summed E-state index contributed by atoms with van der Waals surface area (Å²) in [4.78, 5) is 0. The topological polar surface area (TPSA) is 29.5 Å². The van der Waals surface area contributed by atoms with Gasteiger partial charge in [-0.3, -0.25) is 0 Å². The van der Waals surface area contributed by atoms with Crippen molar-refractivity contribution in [2.45, 2.75) is 40.5 Å². The number of ether oxygens (including phenoxy) is 1. The Morgan fingerprint density at radius 3 is 1.81 bits per heavy atom. The molecule has 0 radical (unpaired) electrons. The van der Waals surface area contributed by atoms with Crippen molar-refractivity contribution in [1.29, 1.82) is 0 Å². The van der Waals surface area contributed by atoms with E-state index in [0.717, 1.165) is 18.6 Å². The number of aliphatic hydroxyl groups excluding tert-OH is 1. The summed E-state index contributed by atoms with van der Waals surface area (Å²) in [6.45, 7) is 8.73. The van der Waals surface area contributed by atoms with Crippen molar-refractivity contribution >= 4 is 0 Å². The van der Waals surface area contributed by atoms with Crippen LogP contribution in [0.5, 0.6) is 5.75 Å². The second-order valence-corrected chi connectivity index (χ2v) is 4.34. The first-order valence-corrected chi connectivity index (χ1v) is 5.78. The highest BCUT2D eigenvalue weighted by molar-refractivity contribution is 5.53. The molecule has 2 nitrogen and oxygen atoms in total. The third-order valence-corrected chi connectivity index (χ3v) is 3.50. The van der Waals surface area contributed by atoms with E-state index in [1.807, 2.05) is 0 Å². The maximum Gasteiger partial charge on any atom is 0.125 e. The van der Waals surface area contributed by atoms with Crippen LogP contribution in [0.15, 0.2) is 0 Å². The largest absolute Gasteiger partial charge is 0.496 e. The fraction of sp³-hybridized carbons (Fsp3) is 0.571. The van der Waals surface area contributed by atoms with Gasteiger partial charge in [-0.2, -0.15) is 0 Å². The van der Waals surface area contributed by atoms with Crippen LogP contribution in [0.4, 0.5) is 0 Å². The van der Waals surface area contributed by atoms with Gasteiger partial charge in [0.15, 0.2) is 0 Å². The third-order valence-electron chi connectivity index (χ3n) is 3.50. The van der Waals surface area contributed by atoms with E-state index in [1.165, 1.54) is 27.8 Å². The van der Waals surface area contributed by atoms with Crippen LogP contribution in [0.1, 0.15) is 34.2 Å². The van der Waals surface area contributed by atoms with Crippen molar-refractivity contribution in [3.63, 3.8) is 0 Å². The summed E-state index contributed by atoms with van der Waals surface area (Å²) in [5, 5.41) is 8.92. The van der Waals surface area contributed by atoms with Crippen molar-refractivity contribution in [3.8, 4) is 5.75 Å². The molecule has 1 aromatic rings. The smallest absolute Gasteiger partial charge is 0.125 e. The highest BCUT2D eigenvalue weighted by Gasteiger charge is 2.14. The van der Waals surface area contributed by atoms with E-state index >= 15 is 0 Å². The minimum Gasteiger partial charge on any atom is -0.496 e. The van der Waals surface area contributed by atoms with Crippen molar-refractivity contribution in [2.75, 3.05) is 13.7 Å². The van der Waals surface area contributed by atoms with Crippen LogP contribution < -0.4 is 4.74 Å². The zero-order valence-electron chi connectivity index (χ0n) is 11.0. The van der Waals surface area contributed by atoms with E-state index in [9.17, 15) is 0 Å². The lowest BCUT2D eigenvalue weighted by molar-refractivity contribution is 0.288. The SMILES string of the molecule is COc1c(C)c(C)c(CCCO)c(C)c1C. The average Bonchev–Trinajstić information content (AvgIpc) is 2.27. The second kappa shape index (κ2) is 5.35. The average molecular weight is 222 g/mol. The normalized spacial score (nSPS) is 10.6. The number of aliphatic hydroxyl groups is 1. The molecule has 0 saturated heterocycles. The first kappa shape index (κ1) is 13.0. The maximum atomic E-state index is 8.92. The van der Waals surface area contributed by atoms with Crippen molar-refractivity contribution in [3.05, 3.63) is 27.8 Å². The molecule has 90 valence electrons. The molecular weight excluding hydrogens is 200 g/mol. The highest BCUT2D eigenvalue weighted by Crippen LogP contribution is 2.32. The Balaban J connectivity index is 3.29. The monoisotopic (exact) mass is 222 g/mol. The Kier molecular flexibility index (Phi) is 4.36. The van der Waals surface area contributed by atoms with Crippen LogP contribution in [-0.4, -0.2) is 18.8 Å². The molecule has 0 heterocycles. The quantitative estimate of drug-likeness (QED) is 0.849. The van der Waals surface area contributed by atoms with Crippen molar-refractivity contribution < 1.29 is 9.84 Å². The van der Waals surface area contributed by atoms with Crippen LogP contribution in [0.25, 0.3) is 0 Å². The molecule has 0 atom stereocenters. The standard InChI is InChI=1S/C14H22O2/c1-9-11(3)14(16-5)12(4)10(2)13(9)7-6-8-15/h15H,6-8H2,1-5H3. The summed E-state index contributed by atoms with van der Waals surface area (Å²) < 4.78 is 5.45. The Labute approximate surface area is 98.3 Å². The molecule has 1 aromatic carbocycles. The molecule has 1 N–H and O–H groups in total. The predicted octanol–water partition coefficient (Wildman–Crippen LogP) is 2.85. The van der Waals surface area contributed by atoms with Gasteiger partial charge in [-0.25, -0.2) is 0 Å². The molecule has 0 saturated carbocycles. The van der Waals surface area contributed by atoms with Gasteiger partial charge in [0, 0.05) is 6.61 Å². The van der Waals surface area contributed by atoms with Crippen molar-refractivity contribution in [1.82, 2.24) is 0 Å². The molecule has 2 heteroatoms. The van der Waals surface area contributed by atoms with Gasteiger partial charge in [-0.1, -0.05) is 0 Å². The van der Waals surface area contributed by atoms with Gasteiger partial charge in [0.25, 0.3) is 0 Å². The summed E-state index contributed by atoms with van der Waals surface area (Å²) in [7, 11) is 1.72. The molecular formula is C14H22O2. The fourth-order valence-electron chi connectivity index (χ4n) is 2.29. The summed E-state index contributed by atoms with van der Waals surface area (Å²) in [5.74, 6) is 1.00. The molecule has 0 aromatic heterocycles. The Morgan fingerprint density at radius 2 is 1.44 bits per heavy atom. The molecule has 0 aliphatic rings. The van der Waals surface area contributed by atoms with Gasteiger partial charge in [-0.15, -0.1) is 0 Å². The van der Waals surface area contributed by atoms with Crippen LogP contribution in [0.2, 0.25) is 0 Å². The number of benzene rings is 1. The molecule has 0 spiro atoms. The van der Waals surface area contributed by atoms with E-state index in [4.69, 9.17) is 9.84 Å². The van der Waals surface area contributed by atoms with Gasteiger partial charge >= 0.3 is 0 Å². The zero-order valence-corrected chi connectivity index (χ0v) is 11.0. The van der Waals surface area contributed by atoms with E-state index in [0.29, 0.717) is 0 Å². The number of hydrogen-bond donors (Lipinski definition) is 1. The first-order valence-electron chi connectivity index (χ1n) is 5.78. The molecule has 0 aliphatic carbocycles. The summed E-state index contributed by atoms with van der Waals surface area (Å²) in [6, 6.07) is 0. The van der Waals surface area contributed by atoms with Gasteiger partial charge in [0.2, 0.25) is 0 Å². The van der Waals surface area contributed by atoms with Gasteiger partial charge < -0.3 is 9.84 Å². The Bertz CT molecular complexity index is 352. The Morgan fingerprint density at radius 1 is 0.938 bits per heavy atom. The summed E-state index contributed by atoms with van der Waals surface area (Å²) >= 11 is 0. The Hall–Kier alpha value is -1.02. The first-order chi connectivity index (χ1) is 7.54. The van der Waals surface area contributed by atoms with Gasteiger partial charge in [0.05, 0.1) is 7.11 Å². The molecule has 1 rings (SSSR count). The van der Waals surface area contributed by atoms with Crippen LogP contribution in [-0.2, 0) is 6.42 Å². The van der Waals surface area contributed by atoms with Crippen molar-refractivity contribution in [2.24, 2.45) is 0 Å². The minimum absolute atomic E-state index is 0.253. The van der Waals surface area contributed by atoms with E-state index in [2.05, 4.69) is 27.7 Å². The fourth-order valence-corrected chi connectivity index (χ4v) is 2.29. The predicted molar refractivity (Wildman–Crippen MR) is 67.3 cm³/mol. The summed E-state index contributed by atoms with van der Waals surface area (Å²) in [6.07, 6.45) is 1.77. The third kappa shape index (κ3) is 2.22. The molecule has 0 aliphatic heterocycles. The molecule has 0 amide bonds. The van der Waals surface area contributed by atoms with E-state index in [1.54, 1.807) is 7.11 Å². The van der Waals surface area contributed by atoms with Gasteiger partial charge in [0.1, 0.15) is 5.75 Å². The van der Waals surface area contributed by atoms with Gasteiger partial charge in [-0.05, 0) is 68.4 Å².